The Labute approximate surface area is 160 Å². The maximum absolute atomic E-state index is 13.6. The number of ketones is 2. The Bertz CT molecular complexity index is 920. The van der Waals surface area contributed by atoms with Crippen LogP contribution < -0.4 is 4.74 Å². The second-order valence-corrected chi connectivity index (χ2v) is 7.88. The van der Waals surface area contributed by atoms with E-state index in [0.29, 0.717) is 28.9 Å². The van der Waals surface area contributed by atoms with Crippen molar-refractivity contribution in [3.05, 3.63) is 59.2 Å². The van der Waals surface area contributed by atoms with Gasteiger partial charge in [-0.2, -0.15) is 0 Å². The fourth-order valence-electron chi connectivity index (χ4n) is 4.81. The molecule has 0 aliphatic heterocycles. The van der Waals surface area contributed by atoms with Gasteiger partial charge in [0.1, 0.15) is 11.5 Å². The first kappa shape index (κ1) is 19.2. The van der Waals surface area contributed by atoms with Crippen molar-refractivity contribution in [3.63, 3.8) is 0 Å². The zero-order valence-corrected chi connectivity index (χ0v) is 16.6. The van der Waals surface area contributed by atoms with Crippen molar-refractivity contribution < 1.29 is 19.4 Å². The molecule has 1 aromatic carbocycles. The number of carbonyl (C=O) groups is 2. The average molecular weight is 366 g/mol. The summed E-state index contributed by atoms with van der Waals surface area (Å²) in [6.45, 7) is 11.1. The number of Topliss-reactive ketones (excluding diaryl/α,β-unsaturated/α-hetero) is 2. The summed E-state index contributed by atoms with van der Waals surface area (Å²) in [5.74, 6) is -0.0840. The van der Waals surface area contributed by atoms with E-state index < -0.39 is 16.7 Å². The van der Waals surface area contributed by atoms with Crippen LogP contribution in [0, 0.1) is 10.8 Å². The van der Waals surface area contributed by atoms with Crippen LogP contribution in [0.1, 0.15) is 45.6 Å². The lowest BCUT2D eigenvalue weighted by Crippen LogP contribution is -2.57. The first-order valence-electron chi connectivity index (χ1n) is 9.10. The van der Waals surface area contributed by atoms with Crippen LogP contribution in [0.15, 0.2) is 53.6 Å². The number of benzene rings is 1. The predicted octanol–water partition coefficient (Wildman–Crippen LogP) is 4.50. The largest absolute Gasteiger partial charge is 0.508 e. The van der Waals surface area contributed by atoms with E-state index in [1.807, 2.05) is 19.9 Å². The lowest BCUT2D eigenvalue weighted by molar-refractivity contribution is -0.147. The van der Waals surface area contributed by atoms with Crippen molar-refractivity contribution in [1.82, 2.24) is 0 Å². The van der Waals surface area contributed by atoms with E-state index in [1.54, 1.807) is 38.1 Å². The highest BCUT2D eigenvalue weighted by Gasteiger charge is 2.63. The van der Waals surface area contributed by atoms with Crippen molar-refractivity contribution in [1.29, 1.82) is 0 Å². The van der Waals surface area contributed by atoms with E-state index in [0.717, 1.165) is 5.57 Å². The number of aromatic hydroxyl groups is 1. The molecule has 2 aliphatic rings. The van der Waals surface area contributed by atoms with Gasteiger partial charge in [-0.25, -0.2) is 0 Å². The molecule has 4 heteroatoms. The standard InChI is InChI=1S/C23H26O4/c1-7-15-11-12-22(4)20(25)13(2)14(3)21(26)23(22,5)19(15)18-16(24)9-8-10-17(18)27-6/h7-11,19,24H,1,12H2,2-6H3. The van der Waals surface area contributed by atoms with Crippen molar-refractivity contribution >= 4 is 11.6 Å². The summed E-state index contributed by atoms with van der Waals surface area (Å²) in [5, 5.41) is 10.7. The Kier molecular flexibility index (Phi) is 4.41. The molecule has 0 radical (unpaired) electrons. The molecule has 4 nitrogen and oxygen atoms in total. The zero-order chi connectivity index (χ0) is 20.1. The van der Waals surface area contributed by atoms with Crippen LogP contribution >= 0.6 is 0 Å². The van der Waals surface area contributed by atoms with Gasteiger partial charge in [0, 0.05) is 16.9 Å². The molecule has 3 rings (SSSR count). The summed E-state index contributed by atoms with van der Waals surface area (Å²) in [5.41, 5.74) is 0.399. The minimum Gasteiger partial charge on any atom is -0.508 e. The third-order valence-corrected chi connectivity index (χ3v) is 6.81. The number of allylic oxidation sites excluding steroid dienone is 5. The minimum absolute atomic E-state index is 0.0131. The number of hydrogen-bond donors (Lipinski definition) is 1. The van der Waals surface area contributed by atoms with Gasteiger partial charge in [-0.15, -0.1) is 0 Å². The van der Waals surface area contributed by atoms with E-state index in [2.05, 4.69) is 6.58 Å². The van der Waals surface area contributed by atoms with E-state index >= 15 is 0 Å². The van der Waals surface area contributed by atoms with Gasteiger partial charge in [-0.05, 0) is 49.1 Å². The van der Waals surface area contributed by atoms with Gasteiger partial charge < -0.3 is 9.84 Å². The van der Waals surface area contributed by atoms with Crippen molar-refractivity contribution in [2.75, 3.05) is 7.11 Å². The topological polar surface area (TPSA) is 63.6 Å². The van der Waals surface area contributed by atoms with Crippen LogP contribution in [0.3, 0.4) is 0 Å². The van der Waals surface area contributed by atoms with Crippen LogP contribution in [0.4, 0.5) is 0 Å². The summed E-state index contributed by atoms with van der Waals surface area (Å²) in [6.07, 6.45) is 4.12. The van der Waals surface area contributed by atoms with E-state index in [4.69, 9.17) is 4.74 Å². The van der Waals surface area contributed by atoms with Gasteiger partial charge in [0.2, 0.25) is 0 Å². The fraction of sp³-hybridized carbons (Fsp3) is 0.391. The summed E-state index contributed by atoms with van der Waals surface area (Å²) < 4.78 is 5.51. The third kappa shape index (κ3) is 2.29. The molecular formula is C23H26O4. The number of ether oxygens (including phenoxy) is 1. The van der Waals surface area contributed by atoms with Crippen molar-refractivity contribution in [3.8, 4) is 11.5 Å². The second kappa shape index (κ2) is 6.22. The van der Waals surface area contributed by atoms with E-state index in [-0.39, 0.29) is 17.3 Å². The van der Waals surface area contributed by atoms with Gasteiger partial charge in [-0.1, -0.05) is 38.6 Å². The zero-order valence-electron chi connectivity index (χ0n) is 16.6. The average Bonchev–Trinajstić information content (AvgIpc) is 2.66. The normalized spacial score (nSPS) is 30.7. The Morgan fingerprint density at radius 3 is 2.41 bits per heavy atom. The fourth-order valence-corrected chi connectivity index (χ4v) is 4.81. The molecular weight excluding hydrogens is 340 g/mol. The minimum atomic E-state index is -1.06. The molecule has 0 bridgehead atoms. The first-order valence-corrected chi connectivity index (χ1v) is 9.10. The second-order valence-electron chi connectivity index (χ2n) is 7.88. The molecule has 2 aliphatic carbocycles. The third-order valence-electron chi connectivity index (χ3n) is 6.81. The van der Waals surface area contributed by atoms with Gasteiger partial charge >= 0.3 is 0 Å². The van der Waals surface area contributed by atoms with Crippen molar-refractivity contribution in [2.45, 2.75) is 40.0 Å². The van der Waals surface area contributed by atoms with E-state index in [1.165, 1.54) is 7.11 Å². The molecule has 0 spiro atoms. The molecule has 0 saturated carbocycles. The molecule has 27 heavy (non-hydrogen) atoms. The molecule has 0 amide bonds. The van der Waals surface area contributed by atoms with Crippen molar-refractivity contribution in [2.24, 2.45) is 10.8 Å². The lowest BCUT2D eigenvalue weighted by Gasteiger charge is -2.54. The van der Waals surface area contributed by atoms with E-state index in [9.17, 15) is 14.7 Å². The highest BCUT2D eigenvalue weighted by molar-refractivity contribution is 6.17. The summed E-state index contributed by atoms with van der Waals surface area (Å²) in [6, 6.07) is 5.04. The first-order chi connectivity index (χ1) is 12.6. The molecule has 0 heterocycles. The highest BCUT2D eigenvalue weighted by Crippen LogP contribution is 2.63. The van der Waals surface area contributed by atoms with Crippen LogP contribution in [-0.2, 0) is 9.59 Å². The molecule has 142 valence electrons. The van der Waals surface area contributed by atoms with Gasteiger partial charge in [0.05, 0.1) is 12.5 Å². The number of carbonyl (C=O) groups excluding carboxylic acids is 2. The summed E-state index contributed by atoms with van der Waals surface area (Å²) in [4.78, 5) is 26.9. The molecule has 0 aromatic heterocycles. The van der Waals surface area contributed by atoms with Crippen LogP contribution in [0.25, 0.3) is 0 Å². The molecule has 3 atom stereocenters. The molecule has 1 aromatic rings. The molecule has 0 fully saturated rings. The molecule has 0 saturated heterocycles. The van der Waals surface area contributed by atoms with Crippen LogP contribution in [0.5, 0.6) is 11.5 Å². The SMILES string of the molecule is C=CC1=CCC2(C)C(=O)C(C)=C(C)C(=O)C2(C)C1c1c(O)cccc1OC. The summed E-state index contributed by atoms with van der Waals surface area (Å²) in [7, 11) is 1.53. The lowest BCUT2D eigenvalue weighted by atomic mass is 9.45. The maximum Gasteiger partial charge on any atom is 0.166 e. The number of phenolic OH excluding ortho intramolecular Hbond substituents is 1. The predicted molar refractivity (Wildman–Crippen MR) is 105 cm³/mol. The van der Waals surface area contributed by atoms with Gasteiger partial charge in [0.15, 0.2) is 11.6 Å². The number of rotatable bonds is 3. The summed E-state index contributed by atoms with van der Waals surface area (Å²) >= 11 is 0. The Balaban J connectivity index is 2.41. The van der Waals surface area contributed by atoms with Gasteiger partial charge in [-0.3, -0.25) is 9.59 Å². The van der Waals surface area contributed by atoms with Crippen LogP contribution in [0.2, 0.25) is 0 Å². The smallest absolute Gasteiger partial charge is 0.166 e. The molecule has 3 unspecified atom stereocenters. The number of methoxy groups -OCH3 is 1. The molecule has 1 N–H and O–H groups in total. The Morgan fingerprint density at radius 1 is 1.19 bits per heavy atom. The Morgan fingerprint density at radius 2 is 1.81 bits per heavy atom. The van der Waals surface area contributed by atoms with Crippen LogP contribution in [-0.4, -0.2) is 23.8 Å². The Hall–Kier alpha value is -2.62. The van der Waals surface area contributed by atoms with Gasteiger partial charge in [0.25, 0.3) is 0 Å². The monoisotopic (exact) mass is 366 g/mol. The number of hydrogen-bond acceptors (Lipinski definition) is 4. The maximum atomic E-state index is 13.6. The number of fused-ring (bicyclic) bond motifs is 1. The number of phenols is 1. The highest BCUT2D eigenvalue weighted by atomic mass is 16.5. The quantitative estimate of drug-likeness (QED) is 0.855.